The fourth-order valence-corrected chi connectivity index (χ4v) is 2.93. The van der Waals surface area contributed by atoms with Crippen LogP contribution in [-0.2, 0) is 4.79 Å². The molecule has 2 N–H and O–H groups in total. The molecule has 1 fully saturated rings. The lowest BCUT2D eigenvalue weighted by molar-refractivity contribution is -0.121. The van der Waals surface area contributed by atoms with Crippen molar-refractivity contribution in [1.82, 2.24) is 10.6 Å². The molecule has 2 rings (SSSR count). The van der Waals surface area contributed by atoms with Crippen LogP contribution in [0.2, 0.25) is 0 Å². The molecule has 0 spiro atoms. The highest BCUT2D eigenvalue weighted by Gasteiger charge is 2.12. The number of carbonyl (C=O) groups excluding carboxylic acids is 1. The van der Waals surface area contributed by atoms with Crippen LogP contribution in [-0.4, -0.2) is 38.8 Å². The molecule has 1 aliphatic heterocycles. The largest absolute Gasteiger partial charge is 0.490 e. The van der Waals surface area contributed by atoms with Gasteiger partial charge >= 0.3 is 0 Å². The van der Waals surface area contributed by atoms with Crippen molar-refractivity contribution in [3.63, 3.8) is 0 Å². The topological polar surface area (TPSA) is 59.6 Å². The maximum Gasteiger partial charge on any atom is 0.220 e. The van der Waals surface area contributed by atoms with Crippen LogP contribution in [0.1, 0.15) is 39.0 Å². The van der Waals surface area contributed by atoms with Crippen LogP contribution >= 0.6 is 12.4 Å². The molecule has 1 aromatic rings. The molecule has 25 heavy (non-hydrogen) atoms. The lowest BCUT2D eigenvalue weighted by Gasteiger charge is -2.22. The first-order valence-corrected chi connectivity index (χ1v) is 9.11. The number of ether oxygens (including phenoxy) is 2. The van der Waals surface area contributed by atoms with Gasteiger partial charge in [-0.3, -0.25) is 4.79 Å². The molecule has 5 nitrogen and oxygen atoms in total. The second-order valence-electron chi connectivity index (χ2n) is 6.18. The number of para-hydroxylation sites is 2. The summed E-state index contributed by atoms with van der Waals surface area (Å²) >= 11 is 0. The van der Waals surface area contributed by atoms with Crippen LogP contribution in [0.5, 0.6) is 11.5 Å². The van der Waals surface area contributed by atoms with Crippen molar-refractivity contribution >= 4 is 18.3 Å². The summed E-state index contributed by atoms with van der Waals surface area (Å²) < 4.78 is 11.2. The molecule has 1 heterocycles. The molecule has 0 aromatic heterocycles. The standard InChI is InChI=1S/C19H30N2O3.ClH/c1-2-23-17-8-3-4-9-18(17)24-14-6-10-19(22)21-13-11-16-7-5-12-20-15-16;/h3-4,8-9,16,20H,2,5-7,10-15H2,1H3,(H,21,22);1H. The second kappa shape index (κ2) is 12.8. The van der Waals surface area contributed by atoms with Gasteiger partial charge in [-0.2, -0.15) is 0 Å². The molecular formula is C19H31ClN2O3. The van der Waals surface area contributed by atoms with E-state index in [0.717, 1.165) is 37.6 Å². The predicted octanol–water partition coefficient (Wildman–Crippen LogP) is 3.17. The Morgan fingerprint density at radius 3 is 2.72 bits per heavy atom. The van der Waals surface area contributed by atoms with E-state index in [4.69, 9.17) is 9.47 Å². The Morgan fingerprint density at radius 2 is 2.04 bits per heavy atom. The number of carbonyl (C=O) groups is 1. The lowest BCUT2D eigenvalue weighted by atomic mass is 9.96. The van der Waals surface area contributed by atoms with Gasteiger partial charge in [-0.25, -0.2) is 0 Å². The van der Waals surface area contributed by atoms with E-state index in [0.29, 0.717) is 32.0 Å². The summed E-state index contributed by atoms with van der Waals surface area (Å²) in [6, 6.07) is 7.63. The monoisotopic (exact) mass is 370 g/mol. The molecule has 0 aliphatic carbocycles. The Morgan fingerprint density at radius 1 is 1.28 bits per heavy atom. The SMILES string of the molecule is CCOc1ccccc1OCCCC(=O)NCCC1CCCNC1.Cl. The lowest BCUT2D eigenvalue weighted by Crippen LogP contribution is -2.33. The second-order valence-corrected chi connectivity index (χ2v) is 6.18. The Balaban J connectivity index is 0.00000312. The average Bonchev–Trinajstić information content (AvgIpc) is 2.61. The fourth-order valence-electron chi connectivity index (χ4n) is 2.93. The van der Waals surface area contributed by atoms with E-state index in [1.165, 1.54) is 12.8 Å². The van der Waals surface area contributed by atoms with Gasteiger partial charge < -0.3 is 20.1 Å². The number of halogens is 1. The Bertz CT molecular complexity index is 493. The smallest absolute Gasteiger partial charge is 0.220 e. The third-order valence-electron chi connectivity index (χ3n) is 4.23. The zero-order valence-electron chi connectivity index (χ0n) is 15.1. The molecule has 0 radical (unpaired) electrons. The summed E-state index contributed by atoms with van der Waals surface area (Å²) in [5.74, 6) is 2.31. The number of benzene rings is 1. The molecule has 1 unspecified atom stereocenters. The summed E-state index contributed by atoms with van der Waals surface area (Å²) in [4.78, 5) is 11.9. The van der Waals surface area contributed by atoms with Gasteiger partial charge in [0.05, 0.1) is 13.2 Å². The number of hydrogen-bond donors (Lipinski definition) is 2. The summed E-state index contributed by atoms with van der Waals surface area (Å²) in [6.45, 7) is 6.07. The fraction of sp³-hybridized carbons (Fsp3) is 0.632. The third kappa shape index (κ3) is 8.45. The van der Waals surface area contributed by atoms with Crippen LogP contribution in [0.25, 0.3) is 0 Å². The predicted molar refractivity (Wildman–Crippen MR) is 103 cm³/mol. The first kappa shape index (κ1) is 21.6. The summed E-state index contributed by atoms with van der Waals surface area (Å²) in [6.07, 6.45) is 4.79. The van der Waals surface area contributed by atoms with Crippen molar-refractivity contribution in [3.8, 4) is 11.5 Å². The third-order valence-corrected chi connectivity index (χ3v) is 4.23. The number of piperidine rings is 1. The van der Waals surface area contributed by atoms with Crippen LogP contribution in [0, 0.1) is 5.92 Å². The van der Waals surface area contributed by atoms with Crippen LogP contribution < -0.4 is 20.1 Å². The van der Waals surface area contributed by atoms with Gasteiger partial charge in [0, 0.05) is 13.0 Å². The van der Waals surface area contributed by atoms with E-state index in [2.05, 4.69) is 10.6 Å². The molecule has 0 bridgehead atoms. The Kier molecular flexibility index (Phi) is 11.1. The quantitative estimate of drug-likeness (QED) is 0.621. The minimum Gasteiger partial charge on any atom is -0.490 e. The molecule has 1 amide bonds. The van der Waals surface area contributed by atoms with E-state index in [1.807, 2.05) is 31.2 Å². The minimum absolute atomic E-state index is 0. The van der Waals surface area contributed by atoms with E-state index in [-0.39, 0.29) is 18.3 Å². The van der Waals surface area contributed by atoms with Crippen molar-refractivity contribution in [2.45, 2.75) is 39.0 Å². The van der Waals surface area contributed by atoms with Gasteiger partial charge in [0.15, 0.2) is 11.5 Å². The zero-order chi connectivity index (χ0) is 17.0. The highest BCUT2D eigenvalue weighted by molar-refractivity contribution is 5.85. The average molecular weight is 371 g/mol. The van der Waals surface area contributed by atoms with Crippen molar-refractivity contribution in [1.29, 1.82) is 0 Å². The highest BCUT2D eigenvalue weighted by Crippen LogP contribution is 2.26. The molecule has 1 saturated heterocycles. The van der Waals surface area contributed by atoms with Crippen molar-refractivity contribution in [2.75, 3.05) is 32.8 Å². The maximum absolute atomic E-state index is 11.9. The molecule has 1 aromatic carbocycles. The Hall–Kier alpha value is -1.46. The van der Waals surface area contributed by atoms with Crippen LogP contribution in [0.3, 0.4) is 0 Å². The molecule has 1 aliphatic rings. The van der Waals surface area contributed by atoms with E-state index in [9.17, 15) is 4.79 Å². The maximum atomic E-state index is 11.9. The molecular weight excluding hydrogens is 340 g/mol. The van der Waals surface area contributed by atoms with E-state index >= 15 is 0 Å². The van der Waals surface area contributed by atoms with Gasteiger partial charge in [-0.05, 0) is 63.7 Å². The molecule has 142 valence electrons. The van der Waals surface area contributed by atoms with Crippen molar-refractivity contribution in [3.05, 3.63) is 24.3 Å². The van der Waals surface area contributed by atoms with Gasteiger partial charge in [0.1, 0.15) is 0 Å². The zero-order valence-corrected chi connectivity index (χ0v) is 15.9. The van der Waals surface area contributed by atoms with Crippen molar-refractivity contribution in [2.24, 2.45) is 5.92 Å². The first-order valence-electron chi connectivity index (χ1n) is 9.11. The number of amides is 1. The number of hydrogen-bond acceptors (Lipinski definition) is 4. The van der Waals surface area contributed by atoms with Crippen LogP contribution in [0.15, 0.2) is 24.3 Å². The number of nitrogens with one attached hydrogen (secondary N) is 2. The summed E-state index contributed by atoms with van der Waals surface area (Å²) in [7, 11) is 0. The van der Waals surface area contributed by atoms with Crippen molar-refractivity contribution < 1.29 is 14.3 Å². The van der Waals surface area contributed by atoms with Gasteiger partial charge in [0.25, 0.3) is 0 Å². The first-order chi connectivity index (χ1) is 11.8. The van der Waals surface area contributed by atoms with Gasteiger partial charge in [-0.1, -0.05) is 12.1 Å². The minimum atomic E-state index is 0. The summed E-state index contributed by atoms with van der Waals surface area (Å²) in [5, 5.41) is 6.42. The Labute approximate surface area is 157 Å². The van der Waals surface area contributed by atoms with E-state index in [1.54, 1.807) is 0 Å². The molecule has 0 saturated carbocycles. The molecule has 6 heteroatoms. The normalized spacial score (nSPS) is 16.6. The highest BCUT2D eigenvalue weighted by atomic mass is 35.5. The van der Waals surface area contributed by atoms with Gasteiger partial charge in [-0.15, -0.1) is 12.4 Å². The van der Waals surface area contributed by atoms with E-state index < -0.39 is 0 Å². The van der Waals surface area contributed by atoms with Gasteiger partial charge in [0.2, 0.25) is 5.91 Å². The molecule has 1 atom stereocenters. The van der Waals surface area contributed by atoms with Crippen LogP contribution in [0.4, 0.5) is 0 Å². The summed E-state index contributed by atoms with van der Waals surface area (Å²) in [5.41, 5.74) is 0. The number of rotatable bonds is 10.